The number of nitrogens with one attached hydrogen (secondary N) is 1. The molecule has 2 aromatic rings. The molecule has 1 unspecified atom stereocenters. The van der Waals surface area contributed by atoms with Crippen molar-refractivity contribution >= 4 is 27.5 Å². The number of hydrogen-bond acceptors (Lipinski definition) is 6. The fourth-order valence-electron chi connectivity index (χ4n) is 5.03. The van der Waals surface area contributed by atoms with E-state index >= 15 is 0 Å². The zero-order chi connectivity index (χ0) is 28.6. The highest BCUT2D eigenvalue weighted by atomic mass is 32.2. The molecule has 1 saturated carbocycles. The van der Waals surface area contributed by atoms with Gasteiger partial charge >= 0.3 is 0 Å². The van der Waals surface area contributed by atoms with Crippen LogP contribution >= 0.6 is 0 Å². The van der Waals surface area contributed by atoms with Crippen molar-refractivity contribution in [1.82, 2.24) is 10.2 Å². The van der Waals surface area contributed by atoms with Crippen molar-refractivity contribution in [2.24, 2.45) is 0 Å². The van der Waals surface area contributed by atoms with E-state index < -0.39 is 28.5 Å². The Kier molecular flexibility index (Phi) is 10.6. The Labute approximate surface area is 232 Å². The third-order valence-corrected chi connectivity index (χ3v) is 8.41. The van der Waals surface area contributed by atoms with Crippen LogP contribution in [0.5, 0.6) is 11.5 Å². The van der Waals surface area contributed by atoms with E-state index in [1.54, 1.807) is 12.1 Å². The van der Waals surface area contributed by atoms with Gasteiger partial charge < -0.3 is 19.7 Å². The normalized spacial score (nSPS) is 14.8. The maximum absolute atomic E-state index is 13.9. The van der Waals surface area contributed by atoms with Crippen molar-refractivity contribution in [1.29, 1.82) is 0 Å². The van der Waals surface area contributed by atoms with Crippen LogP contribution in [0.25, 0.3) is 0 Å². The number of methoxy groups -OCH3 is 2. The van der Waals surface area contributed by atoms with Crippen molar-refractivity contribution < 1.29 is 27.5 Å². The third-order valence-electron chi connectivity index (χ3n) is 7.27. The van der Waals surface area contributed by atoms with E-state index in [1.165, 1.54) is 31.6 Å². The van der Waals surface area contributed by atoms with Gasteiger partial charge in [-0.25, -0.2) is 8.42 Å². The van der Waals surface area contributed by atoms with Crippen LogP contribution in [-0.4, -0.2) is 64.2 Å². The largest absolute Gasteiger partial charge is 0.493 e. The topological polar surface area (TPSA) is 105 Å². The Balaban J connectivity index is 1.95. The summed E-state index contributed by atoms with van der Waals surface area (Å²) in [5.41, 5.74) is 2.14. The predicted octanol–water partition coefficient (Wildman–Crippen LogP) is 4.03. The minimum Gasteiger partial charge on any atom is -0.493 e. The van der Waals surface area contributed by atoms with E-state index in [-0.39, 0.29) is 24.2 Å². The molecule has 0 bridgehead atoms. The average Bonchev–Trinajstić information content (AvgIpc) is 2.92. The summed E-state index contributed by atoms with van der Waals surface area (Å²) in [6.45, 7) is 3.54. The maximum atomic E-state index is 13.9. The molecule has 0 saturated heterocycles. The SMILES string of the molecule is CCC(C(=O)NC1CCCCC1)N(Cc1ccccc1C)C(=O)CN(c1ccc(OC)c(OC)c1)S(C)(=O)=O. The third kappa shape index (κ3) is 7.88. The zero-order valence-electron chi connectivity index (χ0n) is 23.6. The molecule has 1 aliphatic carbocycles. The van der Waals surface area contributed by atoms with E-state index in [2.05, 4.69) is 5.32 Å². The summed E-state index contributed by atoms with van der Waals surface area (Å²) in [4.78, 5) is 29.0. The molecule has 0 radical (unpaired) electrons. The van der Waals surface area contributed by atoms with Crippen LogP contribution in [0.15, 0.2) is 42.5 Å². The summed E-state index contributed by atoms with van der Waals surface area (Å²) < 4.78 is 37.5. The minimum atomic E-state index is -3.86. The standard InChI is InChI=1S/C29H41N3O6S/c1-6-25(29(34)30-23-14-8-7-9-15-23)31(19-22-13-11-10-12-21(22)2)28(33)20-32(39(5,35)36)24-16-17-26(37-3)27(18-24)38-4/h10-13,16-18,23,25H,6-9,14-15,19-20H2,1-5H3,(H,30,34). The first-order chi connectivity index (χ1) is 18.6. The van der Waals surface area contributed by atoms with Gasteiger partial charge in [0.15, 0.2) is 11.5 Å². The number of sulfonamides is 1. The number of ether oxygens (including phenoxy) is 2. The second kappa shape index (κ2) is 13.7. The lowest BCUT2D eigenvalue weighted by molar-refractivity contribution is -0.140. The molecule has 39 heavy (non-hydrogen) atoms. The van der Waals surface area contributed by atoms with Crippen molar-refractivity contribution in [3.05, 3.63) is 53.6 Å². The Bertz CT molecular complexity index is 1240. The number of hydrogen-bond donors (Lipinski definition) is 1. The van der Waals surface area contributed by atoms with E-state index in [4.69, 9.17) is 9.47 Å². The number of carbonyl (C=O) groups excluding carboxylic acids is 2. The monoisotopic (exact) mass is 559 g/mol. The molecule has 214 valence electrons. The van der Waals surface area contributed by atoms with Gasteiger partial charge in [0.1, 0.15) is 12.6 Å². The van der Waals surface area contributed by atoms with E-state index in [0.717, 1.165) is 47.4 Å². The number of benzene rings is 2. The van der Waals surface area contributed by atoms with Gasteiger partial charge in [0.2, 0.25) is 21.8 Å². The average molecular weight is 560 g/mol. The van der Waals surface area contributed by atoms with Crippen LogP contribution in [-0.2, 0) is 26.2 Å². The van der Waals surface area contributed by atoms with Crippen LogP contribution in [0.1, 0.15) is 56.6 Å². The molecular weight excluding hydrogens is 518 g/mol. The Morgan fingerprint density at radius 1 is 1.03 bits per heavy atom. The quantitative estimate of drug-likeness (QED) is 0.421. The van der Waals surface area contributed by atoms with Crippen LogP contribution in [0.4, 0.5) is 5.69 Å². The van der Waals surface area contributed by atoms with Crippen LogP contribution in [0.3, 0.4) is 0 Å². The van der Waals surface area contributed by atoms with Gasteiger partial charge in [-0.2, -0.15) is 0 Å². The summed E-state index contributed by atoms with van der Waals surface area (Å²) in [5.74, 6) is 0.103. The first-order valence-corrected chi connectivity index (χ1v) is 15.3. The predicted molar refractivity (Wildman–Crippen MR) is 153 cm³/mol. The highest BCUT2D eigenvalue weighted by Gasteiger charge is 2.33. The number of aryl methyl sites for hydroxylation is 1. The van der Waals surface area contributed by atoms with Gasteiger partial charge in [-0.15, -0.1) is 0 Å². The molecule has 0 heterocycles. The maximum Gasteiger partial charge on any atom is 0.244 e. The van der Waals surface area contributed by atoms with Crippen molar-refractivity contribution in [2.75, 3.05) is 31.3 Å². The van der Waals surface area contributed by atoms with Gasteiger partial charge in [-0.1, -0.05) is 50.5 Å². The smallest absolute Gasteiger partial charge is 0.244 e. The summed E-state index contributed by atoms with van der Waals surface area (Å²) in [6.07, 6.45) is 6.61. The van der Waals surface area contributed by atoms with Gasteiger partial charge in [-0.3, -0.25) is 13.9 Å². The molecule has 2 amide bonds. The van der Waals surface area contributed by atoms with Crippen LogP contribution in [0.2, 0.25) is 0 Å². The van der Waals surface area contributed by atoms with Gasteiger partial charge in [-0.05, 0) is 49.4 Å². The molecule has 0 spiro atoms. The summed E-state index contributed by atoms with van der Waals surface area (Å²) >= 11 is 0. The Hall–Kier alpha value is -3.27. The number of anilines is 1. The zero-order valence-corrected chi connectivity index (χ0v) is 24.4. The lowest BCUT2D eigenvalue weighted by Crippen LogP contribution is -2.54. The second-order valence-electron chi connectivity index (χ2n) is 10.0. The Morgan fingerprint density at radius 3 is 2.28 bits per heavy atom. The molecular formula is C29H41N3O6S. The summed E-state index contributed by atoms with van der Waals surface area (Å²) in [6, 6.07) is 11.7. The van der Waals surface area contributed by atoms with Crippen molar-refractivity contribution in [3.8, 4) is 11.5 Å². The molecule has 1 fully saturated rings. The number of rotatable bonds is 12. The molecule has 0 aliphatic heterocycles. The molecule has 1 N–H and O–H groups in total. The highest BCUT2D eigenvalue weighted by Crippen LogP contribution is 2.32. The Morgan fingerprint density at radius 2 is 1.69 bits per heavy atom. The van der Waals surface area contributed by atoms with Crippen LogP contribution < -0.4 is 19.1 Å². The molecule has 1 aliphatic rings. The van der Waals surface area contributed by atoms with E-state index in [1.807, 2.05) is 38.1 Å². The van der Waals surface area contributed by atoms with Gasteiger partial charge in [0.05, 0.1) is 26.2 Å². The molecule has 1 atom stereocenters. The minimum absolute atomic E-state index is 0.0926. The fraction of sp³-hybridized carbons (Fsp3) is 0.517. The number of carbonyl (C=O) groups is 2. The fourth-order valence-corrected chi connectivity index (χ4v) is 5.87. The number of nitrogens with zero attached hydrogens (tertiary/aromatic N) is 2. The summed E-state index contributed by atoms with van der Waals surface area (Å²) in [7, 11) is -0.914. The second-order valence-corrected chi connectivity index (χ2v) is 11.9. The summed E-state index contributed by atoms with van der Waals surface area (Å²) in [5, 5.41) is 3.15. The lowest BCUT2D eigenvalue weighted by Gasteiger charge is -2.34. The van der Waals surface area contributed by atoms with Crippen LogP contribution in [0, 0.1) is 6.92 Å². The van der Waals surface area contributed by atoms with Gasteiger partial charge in [0.25, 0.3) is 0 Å². The highest BCUT2D eigenvalue weighted by molar-refractivity contribution is 7.92. The van der Waals surface area contributed by atoms with E-state index in [9.17, 15) is 18.0 Å². The first-order valence-electron chi connectivity index (χ1n) is 13.4. The number of amides is 2. The van der Waals surface area contributed by atoms with E-state index in [0.29, 0.717) is 17.9 Å². The molecule has 9 nitrogen and oxygen atoms in total. The van der Waals surface area contributed by atoms with Gasteiger partial charge in [0, 0.05) is 18.7 Å². The van der Waals surface area contributed by atoms with Crippen molar-refractivity contribution in [2.45, 2.75) is 71.0 Å². The molecule has 3 rings (SSSR count). The molecule has 2 aromatic carbocycles. The molecule has 0 aromatic heterocycles. The first kappa shape index (κ1) is 30.3. The lowest BCUT2D eigenvalue weighted by atomic mass is 9.95. The molecule has 10 heteroatoms. The van der Waals surface area contributed by atoms with Crippen molar-refractivity contribution in [3.63, 3.8) is 0 Å².